The summed E-state index contributed by atoms with van der Waals surface area (Å²) in [6.07, 6.45) is 0. The van der Waals surface area contributed by atoms with Crippen molar-refractivity contribution < 1.29 is 4.39 Å². The molecule has 0 fully saturated rings. The number of nitriles is 1. The molecule has 1 aromatic carbocycles. The van der Waals surface area contributed by atoms with Gasteiger partial charge in [-0.05, 0) is 30.3 Å². The Bertz CT molecular complexity index is 574. The van der Waals surface area contributed by atoms with Crippen molar-refractivity contribution in [3.8, 4) is 6.07 Å². The number of benzene rings is 1. The average Bonchev–Trinajstić information content (AvgIpc) is 2.79. The van der Waals surface area contributed by atoms with Crippen molar-refractivity contribution in [3.05, 3.63) is 50.9 Å². The molecule has 2 nitrogen and oxygen atoms in total. The first kappa shape index (κ1) is 11.9. The number of halogens is 2. The summed E-state index contributed by atoms with van der Waals surface area (Å²) in [5, 5.41) is 11.9. The highest BCUT2D eigenvalue weighted by Gasteiger charge is 2.02. The second-order valence-electron chi connectivity index (χ2n) is 3.36. The van der Waals surface area contributed by atoms with E-state index in [9.17, 15) is 4.39 Å². The van der Waals surface area contributed by atoms with E-state index in [-0.39, 0.29) is 5.02 Å². The summed E-state index contributed by atoms with van der Waals surface area (Å²) in [4.78, 5) is 1.70. The molecule has 17 heavy (non-hydrogen) atoms. The van der Waals surface area contributed by atoms with E-state index in [4.69, 9.17) is 16.9 Å². The lowest BCUT2D eigenvalue weighted by Crippen LogP contribution is -1.97. The highest BCUT2D eigenvalue weighted by atomic mass is 35.5. The molecule has 0 aliphatic carbocycles. The molecule has 2 rings (SSSR count). The fourth-order valence-corrected chi connectivity index (χ4v) is 2.19. The van der Waals surface area contributed by atoms with Crippen molar-refractivity contribution in [2.75, 3.05) is 5.32 Å². The molecule has 0 radical (unpaired) electrons. The monoisotopic (exact) mass is 266 g/mol. The summed E-state index contributed by atoms with van der Waals surface area (Å²) in [5.74, 6) is -0.444. The lowest BCUT2D eigenvalue weighted by molar-refractivity contribution is 0.628. The second kappa shape index (κ2) is 5.17. The topological polar surface area (TPSA) is 35.8 Å². The van der Waals surface area contributed by atoms with Gasteiger partial charge in [-0.2, -0.15) is 5.26 Å². The molecular weight excluding hydrogens is 259 g/mol. The molecule has 0 aliphatic heterocycles. The zero-order valence-electron chi connectivity index (χ0n) is 8.71. The van der Waals surface area contributed by atoms with Crippen molar-refractivity contribution >= 4 is 28.6 Å². The molecule has 0 amide bonds. The lowest BCUT2D eigenvalue weighted by atomic mass is 10.3. The fourth-order valence-electron chi connectivity index (χ4n) is 1.33. The molecule has 0 aliphatic rings. The maximum atomic E-state index is 13.2. The molecule has 1 aromatic heterocycles. The molecule has 0 saturated carbocycles. The van der Waals surface area contributed by atoms with E-state index in [1.54, 1.807) is 12.1 Å². The van der Waals surface area contributed by atoms with Gasteiger partial charge in [0.2, 0.25) is 0 Å². The number of hydrogen-bond donors (Lipinski definition) is 1. The van der Waals surface area contributed by atoms with Crippen LogP contribution in [0, 0.1) is 17.1 Å². The Morgan fingerprint density at radius 3 is 2.82 bits per heavy atom. The SMILES string of the molecule is N#Cc1ccc(CNc2ccc(Cl)c(F)c2)s1. The van der Waals surface area contributed by atoms with Gasteiger partial charge in [-0.25, -0.2) is 4.39 Å². The van der Waals surface area contributed by atoms with Crippen LogP contribution in [-0.4, -0.2) is 0 Å². The summed E-state index contributed by atoms with van der Waals surface area (Å²) >= 11 is 7.00. The maximum Gasteiger partial charge on any atom is 0.143 e. The largest absolute Gasteiger partial charge is 0.380 e. The van der Waals surface area contributed by atoms with Gasteiger partial charge in [0.1, 0.15) is 16.8 Å². The molecule has 0 atom stereocenters. The molecule has 1 heterocycles. The average molecular weight is 267 g/mol. The first-order valence-corrected chi connectivity index (χ1v) is 6.06. The molecule has 0 bridgehead atoms. The number of anilines is 1. The van der Waals surface area contributed by atoms with Gasteiger partial charge in [0.25, 0.3) is 0 Å². The van der Waals surface area contributed by atoms with Crippen LogP contribution in [-0.2, 0) is 6.54 Å². The van der Waals surface area contributed by atoms with Crippen LogP contribution < -0.4 is 5.32 Å². The van der Waals surface area contributed by atoms with Gasteiger partial charge in [-0.1, -0.05) is 11.6 Å². The van der Waals surface area contributed by atoms with Crippen molar-refractivity contribution in [1.29, 1.82) is 5.26 Å². The fraction of sp³-hybridized carbons (Fsp3) is 0.0833. The Labute approximate surface area is 107 Å². The Kier molecular flexibility index (Phi) is 3.62. The van der Waals surface area contributed by atoms with Gasteiger partial charge < -0.3 is 5.32 Å². The second-order valence-corrected chi connectivity index (χ2v) is 4.94. The van der Waals surface area contributed by atoms with Crippen LogP contribution in [0.25, 0.3) is 0 Å². The molecule has 1 N–H and O–H groups in total. The van der Waals surface area contributed by atoms with Crippen molar-refractivity contribution in [2.24, 2.45) is 0 Å². The quantitative estimate of drug-likeness (QED) is 0.911. The minimum absolute atomic E-state index is 0.110. The zero-order valence-corrected chi connectivity index (χ0v) is 10.3. The van der Waals surface area contributed by atoms with E-state index in [2.05, 4.69) is 11.4 Å². The van der Waals surface area contributed by atoms with Crippen molar-refractivity contribution in [3.63, 3.8) is 0 Å². The van der Waals surface area contributed by atoms with Gasteiger partial charge in [-0.15, -0.1) is 11.3 Å². The Morgan fingerprint density at radius 1 is 1.35 bits per heavy atom. The van der Waals surface area contributed by atoms with E-state index in [1.165, 1.54) is 23.5 Å². The molecule has 0 saturated heterocycles. The maximum absolute atomic E-state index is 13.2. The van der Waals surface area contributed by atoms with Crippen molar-refractivity contribution in [1.82, 2.24) is 0 Å². The van der Waals surface area contributed by atoms with E-state index in [0.29, 0.717) is 17.1 Å². The number of nitrogens with one attached hydrogen (secondary N) is 1. The minimum atomic E-state index is -0.444. The summed E-state index contributed by atoms with van der Waals surface area (Å²) in [7, 11) is 0. The van der Waals surface area contributed by atoms with E-state index < -0.39 is 5.82 Å². The molecule has 5 heteroatoms. The lowest BCUT2D eigenvalue weighted by Gasteiger charge is -2.05. The van der Waals surface area contributed by atoms with Crippen LogP contribution in [0.4, 0.5) is 10.1 Å². The van der Waals surface area contributed by atoms with E-state index in [0.717, 1.165) is 4.88 Å². The van der Waals surface area contributed by atoms with E-state index in [1.807, 2.05) is 6.07 Å². The number of thiophene rings is 1. The van der Waals surface area contributed by atoms with Gasteiger partial charge in [0.05, 0.1) is 5.02 Å². The Morgan fingerprint density at radius 2 is 2.18 bits per heavy atom. The third-order valence-electron chi connectivity index (χ3n) is 2.16. The van der Waals surface area contributed by atoms with Crippen LogP contribution in [0.5, 0.6) is 0 Å². The van der Waals surface area contributed by atoms with Crippen LogP contribution in [0.1, 0.15) is 9.75 Å². The predicted octanol–water partition coefficient (Wildman–Crippen LogP) is 4.02. The summed E-state index contributed by atoms with van der Waals surface area (Å²) in [5.41, 5.74) is 0.666. The smallest absolute Gasteiger partial charge is 0.143 e. The highest BCUT2D eigenvalue weighted by molar-refractivity contribution is 7.12. The van der Waals surface area contributed by atoms with Crippen LogP contribution in [0.2, 0.25) is 5.02 Å². The molecule has 2 aromatic rings. The third kappa shape index (κ3) is 2.96. The Balaban J connectivity index is 2.02. The summed E-state index contributed by atoms with van der Waals surface area (Å²) in [6.45, 7) is 0.563. The molecule has 0 spiro atoms. The van der Waals surface area contributed by atoms with Crippen LogP contribution in [0.3, 0.4) is 0 Å². The molecule has 0 unspecified atom stereocenters. The summed E-state index contributed by atoms with van der Waals surface area (Å²) in [6, 6.07) is 10.3. The standard InChI is InChI=1S/C12H8ClFN2S/c13-11-4-1-8(5-12(11)14)16-7-10-3-2-9(6-15)17-10/h1-5,16H,7H2. The van der Waals surface area contributed by atoms with Crippen LogP contribution >= 0.6 is 22.9 Å². The number of hydrogen-bond acceptors (Lipinski definition) is 3. The third-order valence-corrected chi connectivity index (χ3v) is 3.45. The normalized spacial score (nSPS) is 9.94. The molecule has 86 valence electrons. The van der Waals surface area contributed by atoms with Crippen LogP contribution in [0.15, 0.2) is 30.3 Å². The first-order chi connectivity index (χ1) is 8.19. The minimum Gasteiger partial charge on any atom is -0.380 e. The highest BCUT2D eigenvalue weighted by Crippen LogP contribution is 2.21. The summed E-state index contributed by atoms with van der Waals surface area (Å²) < 4.78 is 13.2. The Hall–Kier alpha value is -1.57. The van der Waals surface area contributed by atoms with Crippen molar-refractivity contribution in [2.45, 2.75) is 6.54 Å². The number of nitrogens with zero attached hydrogens (tertiary/aromatic N) is 1. The van der Waals surface area contributed by atoms with Gasteiger partial charge >= 0.3 is 0 Å². The van der Waals surface area contributed by atoms with Gasteiger partial charge in [0.15, 0.2) is 0 Å². The predicted molar refractivity (Wildman–Crippen MR) is 67.8 cm³/mol. The zero-order chi connectivity index (χ0) is 12.3. The number of rotatable bonds is 3. The van der Waals surface area contributed by atoms with Gasteiger partial charge in [-0.3, -0.25) is 0 Å². The van der Waals surface area contributed by atoms with E-state index >= 15 is 0 Å². The first-order valence-electron chi connectivity index (χ1n) is 4.87. The molecular formula is C12H8ClFN2S. The van der Waals surface area contributed by atoms with Gasteiger partial charge in [0, 0.05) is 17.1 Å².